The van der Waals surface area contributed by atoms with E-state index in [0.717, 1.165) is 43.4 Å². The topological polar surface area (TPSA) is 41.1 Å². The van der Waals surface area contributed by atoms with Gasteiger partial charge in [0.2, 0.25) is 5.95 Å². The van der Waals surface area contributed by atoms with Crippen LogP contribution >= 0.6 is 0 Å². The second-order valence-corrected chi connectivity index (χ2v) is 5.50. The molecule has 0 atom stereocenters. The number of hydrogen-bond donors (Lipinski definition) is 1. The number of anilines is 3. The third kappa shape index (κ3) is 2.99. The van der Waals surface area contributed by atoms with Gasteiger partial charge in [0.1, 0.15) is 5.82 Å². The highest BCUT2D eigenvalue weighted by Gasteiger charge is 2.21. The Bertz CT molecular complexity index is 624. The number of rotatable bonds is 5. The highest BCUT2D eigenvalue weighted by molar-refractivity contribution is 5.68. The summed E-state index contributed by atoms with van der Waals surface area (Å²) in [6.45, 7) is 6.13. The fourth-order valence-electron chi connectivity index (χ4n) is 2.72. The molecule has 0 saturated heterocycles. The molecule has 21 heavy (non-hydrogen) atoms. The summed E-state index contributed by atoms with van der Waals surface area (Å²) in [4.78, 5) is 11.5. The first-order chi connectivity index (χ1) is 10.3. The van der Waals surface area contributed by atoms with Crippen LogP contribution in [0.1, 0.15) is 31.0 Å². The predicted octanol–water partition coefficient (Wildman–Crippen LogP) is 3.69. The molecule has 110 valence electrons. The molecule has 0 fully saturated rings. The van der Waals surface area contributed by atoms with Gasteiger partial charge in [-0.2, -0.15) is 4.98 Å². The van der Waals surface area contributed by atoms with E-state index in [4.69, 9.17) is 0 Å². The van der Waals surface area contributed by atoms with Crippen molar-refractivity contribution in [2.75, 3.05) is 23.3 Å². The van der Waals surface area contributed by atoms with Gasteiger partial charge in [-0.05, 0) is 31.4 Å². The second kappa shape index (κ2) is 6.12. The van der Waals surface area contributed by atoms with Gasteiger partial charge in [0.15, 0.2) is 0 Å². The van der Waals surface area contributed by atoms with E-state index in [1.54, 1.807) is 0 Å². The Morgan fingerprint density at radius 1 is 1.24 bits per heavy atom. The second-order valence-electron chi connectivity index (χ2n) is 5.50. The van der Waals surface area contributed by atoms with Crippen molar-refractivity contribution in [2.24, 2.45) is 0 Å². The average molecular weight is 282 g/mol. The summed E-state index contributed by atoms with van der Waals surface area (Å²) in [6, 6.07) is 10.6. The van der Waals surface area contributed by atoms with Crippen LogP contribution in [0.2, 0.25) is 0 Å². The van der Waals surface area contributed by atoms with Gasteiger partial charge in [0.05, 0.1) is 0 Å². The molecule has 0 spiro atoms. The molecule has 0 amide bonds. The number of nitrogens with one attached hydrogen (secondary N) is 1. The molecule has 1 N–H and O–H groups in total. The van der Waals surface area contributed by atoms with Gasteiger partial charge in [-0.3, -0.25) is 0 Å². The van der Waals surface area contributed by atoms with Crippen molar-refractivity contribution in [1.82, 2.24) is 9.97 Å². The van der Waals surface area contributed by atoms with Crippen LogP contribution in [0.15, 0.2) is 30.3 Å². The van der Waals surface area contributed by atoms with E-state index in [-0.39, 0.29) is 0 Å². The molecule has 0 bridgehead atoms. The van der Waals surface area contributed by atoms with Crippen molar-refractivity contribution in [2.45, 2.75) is 33.1 Å². The van der Waals surface area contributed by atoms with E-state index < -0.39 is 0 Å². The number of para-hydroxylation sites is 1. The lowest BCUT2D eigenvalue weighted by atomic mass is 10.2. The molecule has 4 heteroatoms. The molecule has 1 aromatic heterocycles. The maximum absolute atomic E-state index is 4.69. The lowest BCUT2D eigenvalue weighted by Gasteiger charge is -2.19. The number of fused-ring (bicyclic) bond motifs is 1. The molecule has 2 heterocycles. The molecule has 1 aliphatic heterocycles. The summed E-state index contributed by atoms with van der Waals surface area (Å²) in [6.07, 6.45) is 3.39. The van der Waals surface area contributed by atoms with E-state index in [9.17, 15) is 0 Å². The van der Waals surface area contributed by atoms with Crippen molar-refractivity contribution >= 4 is 17.5 Å². The van der Waals surface area contributed by atoms with Crippen LogP contribution in [0.25, 0.3) is 0 Å². The first-order valence-electron chi connectivity index (χ1n) is 7.73. The van der Waals surface area contributed by atoms with Crippen molar-refractivity contribution < 1.29 is 0 Å². The molecule has 3 rings (SSSR count). The molecule has 0 aliphatic carbocycles. The van der Waals surface area contributed by atoms with Crippen molar-refractivity contribution in [3.8, 4) is 0 Å². The fourth-order valence-corrected chi connectivity index (χ4v) is 2.72. The van der Waals surface area contributed by atoms with E-state index in [1.807, 2.05) is 6.92 Å². The molecule has 4 nitrogen and oxygen atoms in total. The molecule has 0 unspecified atom stereocenters. The molecule has 1 aliphatic rings. The Kier molecular flexibility index (Phi) is 4.04. The fraction of sp³-hybridized carbons (Fsp3) is 0.412. The molecular weight excluding hydrogens is 260 g/mol. The molecule has 0 radical (unpaired) electrons. The Balaban J connectivity index is 1.86. The number of nitrogens with zero attached hydrogens (tertiary/aromatic N) is 3. The Morgan fingerprint density at radius 3 is 2.95 bits per heavy atom. The molecule has 0 saturated carbocycles. The van der Waals surface area contributed by atoms with Crippen molar-refractivity contribution in [1.29, 1.82) is 0 Å². The lowest BCUT2D eigenvalue weighted by molar-refractivity contribution is 0.824. The summed E-state index contributed by atoms with van der Waals surface area (Å²) < 4.78 is 0. The minimum atomic E-state index is 0.739. The average Bonchev–Trinajstić information content (AvgIpc) is 2.91. The lowest BCUT2D eigenvalue weighted by Crippen LogP contribution is -2.17. The highest BCUT2D eigenvalue weighted by Crippen LogP contribution is 2.33. The number of benzene rings is 1. The third-order valence-corrected chi connectivity index (χ3v) is 3.82. The van der Waals surface area contributed by atoms with Gasteiger partial charge in [0.25, 0.3) is 0 Å². The first kappa shape index (κ1) is 13.9. The van der Waals surface area contributed by atoms with Crippen LogP contribution < -0.4 is 10.2 Å². The minimum Gasteiger partial charge on any atom is -0.354 e. The van der Waals surface area contributed by atoms with Gasteiger partial charge in [-0.25, -0.2) is 4.98 Å². The zero-order valence-electron chi connectivity index (χ0n) is 12.8. The minimum absolute atomic E-state index is 0.739. The van der Waals surface area contributed by atoms with Gasteiger partial charge in [0, 0.05) is 30.5 Å². The smallest absolute Gasteiger partial charge is 0.224 e. The number of hydrogen-bond acceptors (Lipinski definition) is 4. The summed E-state index contributed by atoms with van der Waals surface area (Å²) in [7, 11) is 0. The summed E-state index contributed by atoms with van der Waals surface area (Å²) in [5.41, 5.74) is 3.67. The van der Waals surface area contributed by atoms with Crippen LogP contribution in [0.3, 0.4) is 0 Å². The number of unbranched alkanes of at least 4 members (excludes halogenated alkanes) is 1. The van der Waals surface area contributed by atoms with Crippen LogP contribution in [-0.4, -0.2) is 23.1 Å². The largest absolute Gasteiger partial charge is 0.354 e. The molecule has 2 aromatic rings. The monoisotopic (exact) mass is 282 g/mol. The third-order valence-electron chi connectivity index (χ3n) is 3.82. The van der Waals surface area contributed by atoms with Crippen LogP contribution in [0.4, 0.5) is 17.5 Å². The standard InChI is InChI=1S/C17H22N4/c1-3-4-10-18-17-19-13(2)12-16(20-17)21-11-9-14-7-5-6-8-15(14)21/h5-8,12H,3-4,9-11H2,1-2H3,(H,18,19,20). The summed E-state index contributed by atoms with van der Waals surface area (Å²) >= 11 is 0. The van der Waals surface area contributed by atoms with Gasteiger partial charge in [-0.15, -0.1) is 0 Å². The maximum atomic E-state index is 4.69. The summed E-state index contributed by atoms with van der Waals surface area (Å²) in [5, 5.41) is 3.33. The Labute approximate surface area is 126 Å². The first-order valence-corrected chi connectivity index (χ1v) is 7.73. The van der Waals surface area contributed by atoms with E-state index in [2.05, 4.69) is 57.4 Å². The van der Waals surface area contributed by atoms with Crippen molar-refractivity contribution in [3.63, 3.8) is 0 Å². The number of aryl methyl sites for hydroxylation is 1. The Morgan fingerprint density at radius 2 is 2.10 bits per heavy atom. The quantitative estimate of drug-likeness (QED) is 0.849. The molecule has 1 aromatic carbocycles. The van der Waals surface area contributed by atoms with E-state index >= 15 is 0 Å². The molecular formula is C17H22N4. The predicted molar refractivity (Wildman–Crippen MR) is 87.3 cm³/mol. The van der Waals surface area contributed by atoms with Crippen molar-refractivity contribution in [3.05, 3.63) is 41.6 Å². The van der Waals surface area contributed by atoms with Crippen LogP contribution in [-0.2, 0) is 6.42 Å². The zero-order valence-corrected chi connectivity index (χ0v) is 12.8. The maximum Gasteiger partial charge on any atom is 0.224 e. The van der Waals surface area contributed by atoms with E-state index in [1.165, 1.54) is 17.7 Å². The van der Waals surface area contributed by atoms with Crippen LogP contribution in [0.5, 0.6) is 0 Å². The SMILES string of the molecule is CCCCNc1nc(C)cc(N2CCc3ccccc32)n1. The number of aromatic nitrogens is 2. The van der Waals surface area contributed by atoms with Gasteiger partial charge < -0.3 is 10.2 Å². The Hall–Kier alpha value is -2.10. The van der Waals surface area contributed by atoms with E-state index in [0.29, 0.717) is 0 Å². The summed E-state index contributed by atoms with van der Waals surface area (Å²) in [5.74, 6) is 1.73. The highest BCUT2D eigenvalue weighted by atomic mass is 15.2. The normalized spacial score (nSPS) is 13.3. The van der Waals surface area contributed by atoms with Crippen LogP contribution in [0, 0.1) is 6.92 Å². The zero-order chi connectivity index (χ0) is 14.7. The van der Waals surface area contributed by atoms with Gasteiger partial charge in [-0.1, -0.05) is 31.5 Å². The van der Waals surface area contributed by atoms with Gasteiger partial charge >= 0.3 is 0 Å².